The van der Waals surface area contributed by atoms with Gasteiger partial charge in [0.2, 0.25) is 0 Å². The highest BCUT2D eigenvalue weighted by Crippen LogP contribution is 2.12. The lowest BCUT2D eigenvalue weighted by atomic mass is 10.2. The Morgan fingerprint density at radius 1 is 1.59 bits per heavy atom. The molecule has 2 aromatic rings. The third-order valence-electron chi connectivity index (χ3n) is 2.31. The van der Waals surface area contributed by atoms with Crippen LogP contribution in [-0.2, 0) is 6.42 Å². The number of aromatic nitrogens is 2. The maximum absolute atomic E-state index is 11.5. The molecule has 4 N–H and O–H groups in total. The summed E-state index contributed by atoms with van der Waals surface area (Å²) in [5.41, 5.74) is 7.10. The van der Waals surface area contributed by atoms with Gasteiger partial charge < -0.3 is 16.0 Å². The van der Waals surface area contributed by atoms with Crippen LogP contribution in [0.3, 0.4) is 0 Å². The zero-order valence-electron chi connectivity index (χ0n) is 9.27. The summed E-state index contributed by atoms with van der Waals surface area (Å²) in [5.74, 6) is -0.0761. The minimum Gasteiger partial charge on any atom is -0.375 e. The Morgan fingerprint density at radius 3 is 3.12 bits per heavy atom. The maximum atomic E-state index is 11.5. The molecule has 6 heteroatoms. The van der Waals surface area contributed by atoms with Crippen molar-refractivity contribution >= 4 is 22.4 Å². The van der Waals surface area contributed by atoms with Crippen molar-refractivity contribution in [2.24, 2.45) is 0 Å². The molecule has 0 saturated heterocycles. The fourth-order valence-electron chi connectivity index (χ4n) is 1.48. The van der Waals surface area contributed by atoms with Gasteiger partial charge in [-0.3, -0.25) is 4.79 Å². The molecule has 90 valence electrons. The van der Waals surface area contributed by atoms with Gasteiger partial charge in [0.1, 0.15) is 5.69 Å². The van der Waals surface area contributed by atoms with E-state index < -0.39 is 0 Å². The number of aryl methyl sites for hydroxylation is 1. The predicted octanol–water partition coefficient (Wildman–Crippen LogP) is 1.42. The molecule has 0 saturated carbocycles. The topological polar surface area (TPSA) is 83.8 Å². The highest BCUT2D eigenvalue weighted by molar-refractivity contribution is 7.13. The first-order valence-corrected chi connectivity index (χ1v) is 6.25. The van der Waals surface area contributed by atoms with Gasteiger partial charge in [-0.05, 0) is 25.0 Å². The average molecular weight is 250 g/mol. The number of hydrogen-bond donors (Lipinski definition) is 3. The minimum absolute atomic E-state index is 0.0761. The molecule has 0 bridgehead atoms. The van der Waals surface area contributed by atoms with Crippen molar-refractivity contribution in [1.29, 1.82) is 0 Å². The number of carbonyl (C=O) groups is 1. The molecule has 17 heavy (non-hydrogen) atoms. The largest absolute Gasteiger partial charge is 0.375 e. The molecule has 0 spiro atoms. The van der Waals surface area contributed by atoms with Crippen LogP contribution in [-0.4, -0.2) is 22.4 Å². The number of nitrogens with two attached hydrogens (primary N) is 1. The fourth-order valence-corrected chi connectivity index (χ4v) is 2.07. The molecule has 0 aliphatic carbocycles. The zero-order valence-corrected chi connectivity index (χ0v) is 10.1. The first kappa shape index (κ1) is 11.7. The van der Waals surface area contributed by atoms with Crippen LogP contribution in [0.25, 0.3) is 0 Å². The summed E-state index contributed by atoms with van der Waals surface area (Å²) in [6, 6.07) is 3.55. The molecule has 0 aliphatic heterocycles. The molecule has 0 aliphatic rings. The van der Waals surface area contributed by atoms with Gasteiger partial charge in [0, 0.05) is 18.1 Å². The van der Waals surface area contributed by atoms with Gasteiger partial charge >= 0.3 is 0 Å². The van der Waals surface area contributed by atoms with E-state index in [9.17, 15) is 4.79 Å². The summed E-state index contributed by atoms with van der Waals surface area (Å²) >= 11 is 1.44. The molecule has 2 heterocycles. The number of rotatable bonds is 5. The molecule has 0 fully saturated rings. The quantitative estimate of drug-likeness (QED) is 0.702. The van der Waals surface area contributed by atoms with Gasteiger partial charge in [-0.15, -0.1) is 11.3 Å². The Balaban J connectivity index is 1.68. The molecule has 2 rings (SSSR count). The smallest absolute Gasteiger partial charge is 0.267 e. The van der Waals surface area contributed by atoms with Crippen LogP contribution in [0.2, 0.25) is 0 Å². The van der Waals surface area contributed by atoms with Crippen molar-refractivity contribution in [1.82, 2.24) is 15.3 Å². The minimum atomic E-state index is -0.0761. The molecule has 0 radical (unpaired) electrons. The van der Waals surface area contributed by atoms with Crippen LogP contribution in [0.1, 0.15) is 22.6 Å². The molecule has 0 atom stereocenters. The van der Waals surface area contributed by atoms with E-state index in [2.05, 4.69) is 15.3 Å². The van der Waals surface area contributed by atoms with E-state index in [4.69, 9.17) is 5.73 Å². The third-order valence-corrected chi connectivity index (χ3v) is 3.03. The normalized spacial score (nSPS) is 10.4. The first-order valence-electron chi connectivity index (χ1n) is 5.37. The lowest BCUT2D eigenvalue weighted by Crippen LogP contribution is -2.25. The van der Waals surface area contributed by atoms with Gasteiger partial charge in [-0.25, -0.2) is 4.98 Å². The number of hydrogen-bond acceptors (Lipinski definition) is 4. The summed E-state index contributed by atoms with van der Waals surface area (Å²) in [7, 11) is 0. The molecule has 5 nitrogen and oxygen atoms in total. The Bertz CT molecular complexity index is 477. The summed E-state index contributed by atoms with van der Waals surface area (Å²) in [6.45, 7) is 0.634. The number of anilines is 1. The lowest BCUT2D eigenvalue weighted by molar-refractivity contribution is 0.0949. The van der Waals surface area contributed by atoms with Crippen molar-refractivity contribution in [3.63, 3.8) is 0 Å². The van der Waals surface area contributed by atoms with Crippen LogP contribution in [0, 0.1) is 0 Å². The molecular formula is C11H14N4OS. The third kappa shape index (κ3) is 3.32. The zero-order chi connectivity index (χ0) is 12.1. The number of nitrogens with one attached hydrogen (secondary N) is 2. The predicted molar refractivity (Wildman–Crippen MR) is 68.0 cm³/mol. The molecule has 2 aromatic heterocycles. The van der Waals surface area contributed by atoms with Crippen molar-refractivity contribution in [3.05, 3.63) is 35.1 Å². The average Bonchev–Trinajstić information content (AvgIpc) is 2.95. The van der Waals surface area contributed by atoms with Gasteiger partial charge in [0.15, 0.2) is 5.13 Å². The second-order valence-corrected chi connectivity index (χ2v) is 4.51. The van der Waals surface area contributed by atoms with Crippen LogP contribution in [0.15, 0.2) is 23.7 Å². The monoisotopic (exact) mass is 250 g/mol. The highest BCUT2D eigenvalue weighted by atomic mass is 32.1. The van der Waals surface area contributed by atoms with Gasteiger partial charge in [-0.1, -0.05) is 0 Å². The maximum Gasteiger partial charge on any atom is 0.267 e. The Kier molecular flexibility index (Phi) is 3.77. The van der Waals surface area contributed by atoms with E-state index in [-0.39, 0.29) is 5.91 Å². The number of nitrogens with zero attached hydrogens (tertiary/aromatic N) is 1. The summed E-state index contributed by atoms with van der Waals surface area (Å²) in [5, 5.41) is 5.38. The van der Waals surface area contributed by atoms with E-state index in [1.807, 2.05) is 5.38 Å². The van der Waals surface area contributed by atoms with Crippen molar-refractivity contribution in [2.45, 2.75) is 12.8 Å². The summed E-state index contributed by atoms with van der Waals surface area (Å²) in [6.07, 6.45) is 3.42. The number of thiazole rings is 1. The molecular weight excluding hydrogens is 236 g/mol. The number of aromatic amines is 1. The molecule has 1 amide bonds. The number of H-pyrrole nitrogens is 1. The van der Waals surface area contributed by atoms with E-state index in [0.717, 1.165) is 18.5 Å². The van der Waals surface area contributed by atoms with Gasteiger partial charge in [0.25, 0.3) is 5.91 Å². The van der Waals surface area contributed by atoms with Gasteiger partial charge in [0.05, 0.1) is 5.69 Å². The Labute approximate surface area is 103 Å². The second kappa shape index (κ2) is 5.49. The lowest BCUT2D eigenvalue weighted by Gasteiger charge is -2.02. The Morgan fingerprint density at radius 2 is 2.47 bits per heavy atom. The first-order chi connectivity index (χ1) is 8.25. The highest BCUT2D eigenvalue weighted by Gasteiger charge is 2.04. The van der Waals surface area contributed by atoms with Crippen molar-refractivity contribution in [2.75, 3.05) is 12.3 Å². The SMILES string of the molecule is Nc1nc(CCCNC(=O)c2ccc[nH]2)cs1. The van der Waals surface area contributed by atoms with E-state index >= 15 is 0 Å². The second-order valence-electron chi connectivity index (χ2n) is 3.62. The number of nitrogen functional groups attached to an aromatic ring is 1. The fraction of sp³-hybridized carbons (Fsp3) is 0.273. The molecule has 0 aromatic carbocycles. The van der Waals surface area contributed by atoms with E-state index in [0.29, 0.717) is 17.4 Å². The summed E-state index contributed by atoms with van der Waals surface area (Å²) in [4.78, 5) is 18.6. The van der Waals surface area contributed by atoms with Crippen LogP contribution < -0.4 is 11.1 Å². The molecule has 0 unspecified atom stereocenters. The Hall–Kier alpha value is -1.82. The van der Waals surface area contributed by atoms with Crippen molar-refractivity contribution < 1.29 is 4.79 Å². The summed E-state index contributed by atoms with van der Waals surface area (Å²) < 4.78 is 0. The van der Waals surface area contributed by atoms with Gasteiger partial charge in [-0.2, -0.15) is 0 Å². The van der Waals surface area contributed by atoms with Crippen molar-refractivity contribution in [3.8, 4) is 0 Å². The van der Waals surface area contributed by atoms with Crippen LogP contribution in [0.4, 0.5) is 5.13 Å². The standard InChI is InChI=1S/C11H14N4OS/c12-11-15-8(7-17-11)3-1-6-14-10(16)9-4-2-5-13-9/h2,4-5,7,13H,1,3,6H2,(H2,12,15)(H,14,16). The number of amides is 1. The van der Waals surface area contributed by atoms with Crippen LogP contribution in [0.5, 0.6) is 0 Å². The van der Waals surface area contributed by atoms with Crippen LogP contribution >= 0.6 is 11.3 Å². The van der Waals surface area contributed by atoms with E-state index in [1.165, 1.54) is 11.3 Å². The van der Waals surface area contributed by atoms with E-state index in [1.54, 1.807) is 18.3 Å². The number of carbonyl (C=O) groups excluding carboxylic acids is 1.